The van der Waals surface area contributed by atoms with Gasteiger partial charge in [-0.1, -0.05) is 28.1 Å². The van der Waals surface area contributed by atoms with Crippen LogP contribution in [-0.2, 0) is 0 Å². The van der Waals surface area contributed by atoms with E-state index in [-0.39, 0.29) is 11.6 Å². The van der Waals surface area contributed by atoms with Crippen molar-refractivity contribution in [3.8, 4) is 11.9 Å². The van der Waals surface area contributed by atoms with Crippen molar-refractivity contribution in [2.45, 2.75) is 0 Å². The number of fused-ring (bicyclic) bond motifs is 1. The molecule has 0 fully saturated rings. The maximum atomic E-state index is 8.90. The first-order valence-corrected chi connectivity index (χ1v) is 7.13. The molecule has 3 rings (SSSR count). The Labute approximate surface area is 134 Å². The van der Waals surface area contributed by atoms with Crippen LogP contribution in [0.15, 0.2) is 41.1 Å². The SMILES string of the molecule is COc1nc(Nc2cc3cccc(Br)c3cn2)cnc1C#N. The third-order valence-electron chi connectivity index (χ3n) is 3.01. The van der Waals surface area contributed by atoms with Crippen LogP contribution in [0.3, 0.4) is 0 Å². The average Bonchev–Trinajstić information content (AvgIpc) is 2.55. The van der Waals surface area contributed by atoms with Crippen LogP contribution in [0.25, 0.3) is 10.8 Å². The maximum absolute atomic E-state index is 8.90. The van der Waals surface area contributed by atoms with Gasteiger partial charge in [-0.3, -0.25) is 0 Å². The van der Waals surface area contributed by atoms with Crippen LogP contribution in [-0.4, -0.2) is 22.1 Å². The molecule has 0 aliphatic carbocycles. The third-order valence-corrected chi connectivity index (χ3v) is 3.70. The summed E-state index contributed by atoms with van der Waals surface area (Å²) in [5.41, 5.74) is 0.142. The molecule has 0 unspecified atom stereocenters. The van der Waals surface area contributed by atoms with Crippen LogP contribution in [0.5, 0.6) is 5.88 Å². The summed E-state index contributed by atoms with van der Waals surface area (Å²) >= 11 is 3.49. The molecule has 0 saturated carbocycles. The summed E-state index contributed by atoms with van der Waals surface area (Å²) in [6.07, 6.45) is 3.24. The Morgan fingerprint density at radius 2 is 2.09 bits per heavy atom. The second kappa shape index (κ2) is 5.95. The second-order valence-corrected chi connectivity index (χ2v) is 5.23. The molecule has 22 heavy (non-hydrogen) atoms. The number of nitriles is 1. The van der Waals surface area contributed by atoms with Crippen LogP contribution in [0.4, 0.5) is 11.6 Å². The van der Waals surface area contributed by atoms with Crippen LogP contribution in [0, 0.1) is 11.3 Å². The standard InChI is InChI=1S/C15H10BrN5O/c1-22-15-12(6-17)18-8-14(21-15)20-13-5-9-3-2-4-11(16)10(9)7-19-13/h2-5,7-8H,1H3,(H,19,20,21). The number of hydrogen-bond acceptors (Lipinski definition) is 6. The molecule has 108 valence electrons. The first-order chi connectivity index (χ1) is 10.7. The molecular formula is C15H10BrN5O. The van der Waals surface area contributed by atoms with E-state index < -0.39 is 0 Å². The van der Waals surface area contributed by atoms with Gasteiger partial charge in [-0.25, -0.2) is 9.97 Å². The second-order valence-electron chi connectivity index (χ2n) is 4.38. The Bertz CT molecular complexity index is 891. The molecule has 6 nitrogen and oxygen atoms in total. The van der Waals surface area contributed by atoms with Crippen molar-refractivity contribution in [2.24, 2.45) is 0 Å². The van der Waals surface area contributed by atoms with Gasteiger partial charge in [-0.05, 0) is 17.5 Å². The Hall–Kier alpha value is -2.72. The molecule has 0 aliphatic rings. The van der Waals surface area contributed by atoms with Crippen molar-refractivity contribution in [3.05, 3.63) is 46.8 Å². The Morgan fingerprint density at radius 3 is 2.86 bits per heavy atom. The van der Waals surface area contributed by atoms with Crippen LogP contribution in [0.2, 0.25) is 0 Å². The van der Waals surface area contributed by atoms with Gasteiger partial charge in [0.05, 0.1) is 13.3 Å². The van der Waals surface area contributed by atoms with Gasteiger partial charge in [0.25, 0.3) is 5.88 Å². The van der Waals surface area contributed by atoms with E-state index >= 15 is 0 Å². The predicted molar refractivity (Wildman–Crippen MR) is 86.0 cm³/mol. The van der Waals surface area contributed by atoms with E-state index in [0.29, 0.717) is 11.6 Å². The van der Waals surface area contributed by atoms with Crippen molar-refractivity contribution in [2.75, 3.05) is 12.4 Å². The molecular weight excluding hydrogens is 346 g/mol. The minimum atomic E-state index is 0.142. The van der Waals surface area contributed by atoms with Crippen molar-refractivity contribution in [3.63, 3.8) is 0 Å². The van der Waals surface area contributed by atoms with E-state index in [9.17, 15) is 0 Å². The van der Waals surface area contributed by atoms with E-state index in [1.807, 2.05) is 30.3 Å². The molecule has 0 aliphatic heterocycles. The van der Waals surface area contributed by atoms with Gasteiger partial charge in [0.15, 0.2) is 5.82 Å². The third kappa shape index (κ3) is 2.69. The highest BCUT2D eigenvalue weighted by Gasteiger charge is 2.08. The lowest BCUT2D eigenvalue weighted by Gasteiger charge is -2.08. The van der Waals surface area contributed by atoms with Crippen LogP contribution in [0.1, 0.15) is 5.69 Å². The number of benzene rings is 1. The number of nitrogens with one attached hydrogen (secondary N) is 1. The fraction of sp³-hybridized carbons (Fsp3) is 0.0667. The smallest absolute Gasteiger partial charge is 0.252 e. The van der Waals surface area contributed by atoms with Crippen LogP contribution >= 0.6 is 15.9 Å². The number of nitrogens with zero attached hydrogens (tertiary/aromatic N) is 4. The highest BCUT2D eigenvalue weighted by atomic mass is 79.9. The molecule has 0 saturated heterocycles. The zero-order valence-corrected chi connectivity index (χ0v) is 13.1. The zero-order valence-electron chi connectivity index (χ0n) is 11.5. The summed E-state index contributed by atoms with van der Waals surface area (Å²) in [5, 5.41) is 14.0. The van der Waals surface area contributed by atoms with Gasteiger partial charge < -0.3 is 10.1 Å². The Kier molecular flexibility index (Phi) is 3.85. The van der Waals surface area contributed by atoms with Gasteiger partial charge >= 0.3 is 0 Å². The molecule has 0 radical (unpaired) electrons. The van der Waals surface area contributed by atoms with E-state index in [1.54, 1.807) is 6.20 Å². The largest absolute Gasteiger partial charge is 0.479 e. The lowest BCUT2D eigenvalue weighted by molar-refractivity contribution is 0.395. The molecule has 2 aromatic heterocycles. The number of methoxy groups -OCH3 is 1. The Balaban J connectivity index is 1.95. The highest BCUT2D eigenvalue weighted by molar-refractivity contribution is 9.10. The first-order valence-electron chi connectivity index (χ1n) is 6.33. The van der Waals surface area contributed by atoms with Gasteiger partial charge in [0, 0.05) is 16.1 Å². The van der Waals surface area contributed by atoms with Gasteiger partial charge in [0.1, 0.15) is 11.9 Å². The van der Waals surface area contributed by atoms with Crippen LogP contribution < -0.4 is 10.1 Å². The molecule has 1 aromatic carbocycles. The number of pyridine rings is 1. The molecule has 0 spiro atoms. The predicted octanol–water partition coefficient (Wildman–Crippen LogP) is 3.41. The molecule has 3 aromatic rings. The molecule has 7 heteroatoms. The van der Waals surface area contributed by atoms with E-state index in [1.165, 1.54) is 13.3 Å². The van der Waals surface area contributed by atoms with E-state index in [0.717, 1.165) is 15.2 Å². The molecule has 0 bridgehead atoms. The zero-order chi connectivity index (χ0) is 15.5. The normalized spacial score (nSPS) is 10.2. The van der Waals surface area contributed by atoms with Gasteiger partial charge in [0.2, 0.25) is 5.69 Å². The molecule has 2 heterocycles. The minimum absolute atomic E-state index is 0.142. The lowest BCUT2D eigenvalue weighted by atomic mass is 10.2. The molecule has 1 N–H and O–H groups in total. The quantitative estimate of drug-likeness (QED) is 0.774. The van der Waals surface area contributed by atoms with Crippen molar-refractivity contribution >= 4 is 38.3 Å². The van der Waals surface area contributed by atoms with Gasteiger partial charge in [-0.15, -0.1) is 0 Å². The fourth-order valence-corrected chi connectivity index (χ4v) is 2.47. The molecule has 0 atom stereocenters. The number of rotatable bonds is 3. The fourth-order valence-electron chi connectivity index (χ4n) is 1.99. The average molecular weight is 356 g/mol. The summed E-state index contributed by atoms with van der Waals surface area (Å²) < 4.78 is 6.03. The number of aromatic nitrogens is 3. The maximum Gasteiger partial charge on any atom is 0.252 e. The van der Waals surface area contributed by atoms with E-state index in [4.69, 9.17) is 10.00 Å². The summed E-state index contributed by atoms with van der Waals surface area (Å²) in [4.78, 5) is 12.5. The van der Waals surface area contributed by atoms with E-state index in [2.05, 4.69) is 36.2 Å². The number of halogens is 1. The number of hydrogen-bond donors (Lipinski definition) is 1. The topological polar surface area (TPSA) is 83.7 Å². The summed E-state index contributed by atoms with van der Waals surface area (Å²) in [6.45, 7) is 0. The van der Waals surface area contributed by atoms with Crippen molar-refractivity contribution < 1.29 is 4.74 Å². The number of ether oxygens (including phenoxy) is 1. The minimum Gasteiger partial charge on any atom is -0.479 e. The monoisotopic (exact) mass is 355 g/mol. The first kappa shape index (κ1) is 14.2. The summed E-state index contributed by atoms with van der Waals surface area (Å²) in [5.74, 6) is 1.26. The highest BCUT2D eigenvalue weighted by Crippen LogP contribution is 2.26. The molecule has 0 amide bonds. The Morgan fingerprint density at radius 1 is 1.23 bits per heavy atom. The summed E-state index contributed by atoms with van der Waals surface area (Å²) in [7, 11) is 1.44. The van der Waals surface area contributed by atoms with Crippen molar-refractivity contribution in [1.29, 1.82) is 5.26 Å². The van der Waals surface area contributed by atoms with Crippen molar-refractivity contribution in [1.82, 2.24) is 15.0 Å². The van der Waals surface area contributed by atoms with Gasteiger partial charge in [-0.2, -0.15) is 10.2 Å². The summed E-state index contributed by atoms with van der Waals surface area (Å²) in [6, 6.07) is 9.75. The number of anilines is 2. The lowest BCUT2D eigenvalue weighted by Crippen LogP contribution is -2.01.